The molecule has 0 N–H and O–H groups in total. The van der Waals surface area contributed by atoms with Crippen LogP contribution >= 0.6 is 11.6 Å². The smallest absolute Gasteiger partial charge is 0.360 e. The molecule has 0 aromatic heterocycles. The Labute approximate surface area is 127 Å². The van der Waals surface area contributed by atoms with Crippen molar-refractivity contribution in [2.75, 3.05) is 13.1 Å². The van der Waals surface area contributed by atoms with E-state index >= 15 is 0 Å². The molecule has 0 atom stereocenters. The van der Waals surface area contributed by atoms with Gasteiger partial charge in [-0.05, 0) is 31.0 Å². The van der Waals surface area contributed by atoms with Crippen molar-refractivity contribution in [3.63, 3.8) is 0 Å². The van der Waals surface area contributed by atoms with Crippen molar-refractivity contribution in [3.8, 4) is 0 Å². The number of nitrogens with zero attached hydrogens (tertiary/aromatic N) is 2. The Kier molecular flexibility index (Phi) is 5.14. The first-order valence-electron chi connectivity index (χ1n) is 7.11. The highest BCUT2D eigenvalue weighted by Crippen LogP contribution is 2.37. The van der Waals surface area contributed by atoms with Crippen LogP contribution in [0.1, 0.15) is 38.2 Å². The van der Waals surface area contributed by atoms with Crippen LogP contribution in [0, 0.1) is 0 Å². The highest BCUT2D eigenvalue weighted by molar-refractivity contribution is 6.31. The minimum atomic E-state index is -4.45. The Morgan fingerprint density at radius 2 is 2.10 bits per heavy atom. The lowest BCUT2D eigenvalue weighted by Crippen LogP contribution is -2.25. The molecule has 6 heteroatoms. The van der Waals surface area contributed by atoms with E-state index in [1.54, 1.807) is 0 Å². The highest BCUT2D eigenvalue weighted by atomic mass is 35.5. The molecule has 116 valence electrons. The van der Waals surface area contributed by atoms with Crippen LogP contribution in [0.3, 0.4) is 0 Å². The second-order valence-corrected chi connectivity index (χ2v) is 5.54. The number of aliphatic imine (C=N–C) groups is 1. The van der Waals surface area contributed by atoms with Gasteiger partial charge in [-0.2, -0.15) is 13.2 Å². The van der Waals surface area contributed by atoms with Crippen LogP contribution in [-0.4, -0.2) is 23.8 Å². The number of hydrogen-bond acceptors (Lipinski definition) is 1. The van der Waals surface area contributed by atoms with E-state index in [4.69, 9.17) is 11.6 Å². The largest absolute Gasteiger partial charge is 0.417 e. The molecule has 1 heterocycles. The van der Waals surface area contributed by atoms with Crippen LogP contribution in [0.2, 0.25) is 5.02 Å². The van der Waals surface area contributed by atoms with E-state index in [2.05, 4.69) is 16.8 Å². The summed E-state index contributed by atoms with van der Waals surface area (Å²) in [5, 5.41) is -0.291. The quantitative estimate of drug-likeness (QED) is 0.737. The standard InChI is InChI=1S/C15H18ClF3N2/c1-2-3-8-21-9-4-5-14(21)20-11-6-7-13(16)12(10-11)15(17,18)19/h6-7,10H,2-5,8-9H2,1H3/b20-14-. The lowest BCUT2D eigenvalue weighted by molar-refractivity contribution is -0.137. The second kappa shape index (κ2) is 6.69. The van der Waals surface area contributed by atoms with E-state index < -0.39 is 11.7 Å². The molecule has 1 aromatic carbocycles. The van der Waals surface area contributed by atoms with Gasteiger partial charge in [0.25, 0.3) is 0 Å². The molecule has 2 nitrogen and oxygen atoms in total. The van der Waals surface area contributed by atoms with Crippen molar-refractivity contribution in [3.05, 3.63) is 28.8 Å². The maximum Gasteiger partial charge on any atom is 0.417 e. The molecule has 0 unspecified atom stereocenters. The van der Waals surface area contributed by atoms with Crippen LogP contribution < -0.4 is 0 Å². The van der Waals surface area contributed by atoms with Gasteiger partial charge in [0.2, 0.25) is 0 Å². The third-order valence-corrected chi connectivity index (χ3v) is 3.82. The van der Waals surface area contributed by atoms with E-state index in [0.717, 1.165) is 50.7 Å². The summed E-state index contributed by atoms with van der Waals surface area (Å²) < 4.78 is 38.5. The van der Waals surface area contributed by atoms with Crippen LogP contribution in [0.5, 0.6) is 0 Å². The minimum Gasteiger partial charge on any atom is -0.360 e. The Morgan fingerprint density at radius 1 is 1.33 bits per heavy atom. The van der Waals surface area contributed by atoms with Crippen molar-refractivity contribution in [1.29, 1.82) is 0 Å². The Bertz CT molecular complexity index is 526. The zero-order chi connectivity index (χ0) is 15.5. The Morgan fingerprint density at radius 3 is 2.76 bits per heavy atom. The van der Waals surface area contributed by atoms with Gasteiger partial charge >= 0.3 is 6.18 Å². The molecule has 21 heavy (non-hydrogen) atoms. The maximum absolute atomic E-state index is 12.8. The van der Waals surface area contributed by atoms with Gasteiger partial charge in [-0.1, -0.05) is 24.9 Å². The molecule has 1 saturated heterocycles. The molecule has 1 fully saturated rings. The number of amidine groups is 1. The number of alkyl halides is 3. The SMILES string of the molecule is CCCCN1CCC/C1=N/c1ccc(Cl)c(C(F)(F)F)c1. The van der Waals surface area contributed by atoms with E-state index in [1.165, 1.54) is 12.1 Å². The van der Waals surface area contributed by atoms with Crippen LogP contribution in [0.15, 0.2) is 23.2 Å². The average molecular weight is 319 g/mol. The summed E-state index contributed by atoms with van der Waals surface area (Å²) in [6.45, 7) is 3.95. The number of benzene rings is 1. The van der Waals surface area contributed by atoms with Crippen molar-refractivity contribution in [2.24, 2.45) is 4.99 Å². The van der Waals surface area contributed by atoms with E-state index in [9.17, 15) is 13.2 Å². The van der Waals surface area contributed by atoms with E-state index in [1.807, 2.05) is 0 Å². The fraction of sp³-hybridized carbons (Fsp3) is 0.533. The molecule has 1 aliphatic heterocycles. The topological polar surface area (TPSA) is 15.6 Å². The van der Waals surface area contributed by atoms with E-state index in [0.29, 0.717) is 5.69 Å². The van der Waals surface area contributed by atoms with Crippen LogP contribution in [0.4, 0.5) is 18.9 Å². The lowest BCUT2D eigenvalue weighted by atomic mass is 10.2. The number of unbranched alkanes of at least 4 members (excludes halogenated alkanes) is 1. The Balaban J connectivity index is 2.24. The first-order chi connectivity index (χ1) is 9.91. The highest BCUT2D eigenvalue weighted by Gasteiger charge is 2.33. The predicted molar refractivity (Wildman–Crippen MR) is 79.3 cm³/mol. The normalized spacial score (nSPS) is 17.8. The molecule has 0 radical (unpaired) electrons. The average Bonchev–Trinajstić information content (AvgIpc) is 2.84. The number of hydrogen-bond donors (Lipinski definition) is 0. The van der Waals surface area contributed by atoms with Gasteiger partial charge in [-0.15, -0.1) is 0 Å². The molecule has 1 aromatic rings. The first-order valence-corrected chi connectivity index (χ1v) is 7.49. The molecule has 0 aliphatic carbocycles. The van der Waals surface area contributed by atoms with E-state index in [-0.39, 0.29) is 5.02 Å². The maximum atomic E-state index is 12.8. The van der Waals surface area contributed by atoms with Gasteiger partial charge in [0.15, 0.2) is 0 Å². The fourth-order valence-corrected chi connectivity index (χ4v) is 2.61. The minimum absolute atomic E-state index is 0.291. The van der Waals surface area contributed by atoms with Crippen molar-refractivity contribution >= 4 is 23.1 Å². The molecule has 0 saturated carbocycles. The van der Waals surface area contributed by atoms with Crippen LogP contribution in [0.25, 0.3) is 0 Å². The first kappa shape index (κ1) is 16.1. The van der Waals surface area contributed by atoms with Gasteiger partial charge in [0.05, 0.1) is 16.3 Å². The summed E-state index contributed by atoms with van der Waals surface area (Å²) in [4.78, 5) is 6.55. The van der Waals surface area contributed by atoms with Gasteiger partial charge in [0.1, 0.15) is 5.84 Å². The van der Waals surface area contributed by atoms with Gasteiger partial charge in [-0.3, -0.25) is 0 Å². The molecule has 0 bridgehead atoms. The zero-order valence-corrected chi connectivity index (χ0v) is 12.6. The zero-order valence-electron chi connectivity index (χ0n) is 11.9. The summed E-state index contributed by atoms with van der Waals surface area (Å²) in [7, 11) is 0. The molecule has 2 rings (SSSR count). The summed E-state index contributed by atoms with van der Waals surface area (Å²) in [5.41, 5.74) is -0.519. The third kappa shape index (κ3) is 4.13. The van der Waals surface area contributed by atoms with Gasteiger partial charge in [-0.25, -0.2) is 4.99 Å². The Hall–Kier alpha value is -1.23. The molecule has 0 amide bonds. The lowest BCUT2D eigenvalue weighted by Gasteiger charge is -2.18. The summed E-state index contributed by atoms with van der Waals surface area (Å²) in [6, 6.07) is 3.81. The van der Waals surface area contributed by atoms with Crippen molar-refractivity contribution < 1.29 is 13.2 Å². The monoisotopic (exact) mass is 318 g/mol. The van der Waals surface area contributed by atoms with Gasteiger partial charge < -0.3 is 4.90 Å². The summed E-state index contributed by atoms with van der Waals surface area (Å²) >= 11 is 5.62. The third-order valence-electron chi connectivity index (χ3n) is 3.49. The number of rotatable bonds is 4. The number of halogens is 4. The summed E-state index contributed by atoms with van der Waals surface area (Å²) in [5.74, 6) is 0.874. The number of likely N-dealkylation sites (tertiary alicyclic amines) is 1. The molecule has 0 spiro atoms. The van der Waals surface area contributed by atoms with Crippen molar-refractivity contribution in [2.45, 2.75) is 38.8 Å². The molecular weight excluding hydrogens is 301 g/mol. The fourth-order valence-electron chi connectivity index (χ4n) is 2.38. The van der Waals surface area contributed by atoms with Crippen molar-refractivity contribution in [1.82, 2.24) is 4.90 Å². The second-order valence-electron chi connectivity index (χ2n) is 5.13. The van der Waals surface area contributed by atoms with Crippen LogP contribution in [-0.2, 0) is 6.18 Å². The predicted octanol–water partition coefficient (Wildman–Crippen LogP) is 5.28. The summed E-state index contributed by atoms with van der Waals surface area (Å²) in [6.07, 6.45) is -0.489. The molecular formula is C15H18ClF3N2. The van der Waals surface area contributed by atoms with Gasteiger partial charge in [0, 0.05) is 19.5 Å². The molecule has 1 aliphatic rings.